The van der Waals surface area contributed by atoms with Gasteiger partial charge in [0.15, 0.2) is 0 Å². The van der Waals surface area contributed by atoms with Gasteiger partial charge in [-0.05, 0) is 61.5 Å². The molecule has 0 fully saturated rings. The Balaban J connectivity index is 1.49. The van der Waals surface area contributed by atoms with Crippen molar-refractivity contribution in [2.75, 3.05) is 23.0 Å². The summed E-state index contributed by atoms with van der Waals surface area (Å²) in [6, 6.07) is 28.7. The van der Waals surface area contributed by atoms with Gasteiger partial charge in [-0.3, -0.25) is 14.4 Å². The maximum Gasteiger partial charge on any atom is 0.272 e. The molecule has 0 heterocycles. The zero-order chi connectivity index (χ0) is 29.0. The molecule has 0 saturated heterocycles. The van der Waals surface area contributed by atoms with E-state index in [9.17, 15) is 18.8 Å². The Morgan fingerprint density at radius 3 is 2.37 bits per heavy atom. The number of para-hydroxylation sites is 2. The Labute approximate surface area is 241 Å². The van der Waals surface area contributed by atoms with Crippen LogP contribution < -0.4 is 20.7 Å². The summed E-state index contributed by atoms with van der Waals surface area (Å²) in [4.78, 5) is 39.4. The minimum atomic E-state index is -0.542. The highest BCUT2D eigenvalue weighted by molar-refractivity contribution is 8.00. The van der Waals surface area contributed by atoms with Crippen molar-refractivity contribution in [1.82, 2.24) is 5.32 Å². The first kappa shape index (κ1) is 29.1. The molecule has 0 spiro atoms. The molecule has 0 aliphatic carbocycles. The Bertz CT molecular complexity index is 1560. The third kappa shape index (κ3) is 8.55. The van der Waals surface area contributed by atoms with Gasteiger partial charge >= 0.3 is 0 Å². The van der Waals surface area contributed by atoms with Gasteiger partial charge in [-0.1, -0.05) is 54.6 Å². The number of nitrogens with one attached hydrogen (secondary N) is 3. The maximum absolute atomic E-state index is 13.8. The molecule has 4 aromatic carbocycles. The van der Waals surface area contributed by atoms with E-state index in [0.717, 1.165) is 0 Å². The molecular formula is C32H28FN3O4S. The quantitative estimate of drug-likeness (QED) is 0.144. The molecule has 7 nitrogen and oxygen atoms in total. The largest absolute Gasteiger partial charge is 0.493 e. The summed E-state index contributed by atoms with van der Waals surface area (Å²) in [5.74, 6) is -1.25. The van der Waals surface area contributed by atoms with E-state index in [1.807, 2.05) is 19.1 Å². The predicted octanol–water partition coefficient (Wildman–Crippen LogP) is 6.36. The van der Waals surface area contributed by atoms with Gasteiger partial charge in [0, 0.05) is 21.7 Å². The molecule has 9 heteroatoms. The van der Waals surface area contributed by atoms with Gasteiger partial charge in [0.05, 0.1) is 18.0 Å². The number of carbonyl (C=O) groups excluding carboxylic acids is 3. The standard InChI is InChI=1S/C32H28FN3O4S/c1-2-40-29-18-9-6-13-23(29)19-28(36-31(38)22-11-4-3-5-12-22)32(39)34-24-14-10-15-25(20-24)41-21-30(37)35-27-17-8-7-16-26(27)33/h3-20H,2,21H2,1H3,(H,34,39)(H,35,37)(H,36,38)/b28-19+. The van der Waals surface area contributed by atoms with E-state index in [4.69, 9.17) is 4.74 Å². The molecule has 0 aromatic heterocycles. The molecule has 4 rings (SSSR count). The molecule has 0 aliphatic rings. The Morgan fingerprint density at radius 2 is 1.59 bits per heavy atom. The minimum absolute atomic E-state index is 0.0216. The van der Waals surface area contributed by atoms with Gasteiger partial charge in [0.25, 0.3) is 11.8 Å². The lowest BCUT2D eigenvalue weighted by atomic mass is 10.1. The molecule has 4 aromatic rings. The number of carbonyl (C=O) groups is 3. The van der Waals surface area contributed by atoms with Crippen LogP contribution in [0.4, 0.5) is 15.8 Å². The molecule has 208 valence electrons. The summed E-state index contributed by atoms with van der Waals surface area (Å²) in [7, 11) is 0. The van der Waals surface area contributed by atoms with Crippen molar-refractivity contribution in [3.8, 4) is 5.75 Å². The number of rotatable bonds is 11. The van der Waals surface area contributed by atoms with Crippen molar-refractivity contribution in [2.24, 2.45) is 0 Å². The van der Waals surface area contributed by atoms with E-state index >= 15 is 0 Å². The summed E-state index contributed by atoms with van der Waals surface area (Å²) >= 11 is 1.23. The lowest BCUT2D eigenvalue weighted by Crippen LogP contribution is -2.30. The van der Waals surface area contributed by atoms with Gasteiger partial charge in [-0.2, -0.15) is 0 Å². The number of anilines is 2. The summed E-state index contributed by atoms with van der Waals surface area (Å²) in [5.41, 5.74) is 1.62. The molecule has 0 saturated carbocycles. The number of benzene rings is 4. The molecule has 0 radical (unpaired) electrons. The molecule has 0 unspecified atom stereocenters. The van der Waals surface area contributed by atoms with Crippen LogP contribution in [0.3, 0.4) is 0 Å². The van der Waals surface area contributed by atoms with E-state index in [-0.39, 0.29) is 23.0 Å². The van der Waals surface area contributed by atoms with E-state index in [1.165, 1.54) is 23.9 Å². The average Bonchev–Trinajstić information content (AvgIpc) is 2.98. The molecule has 3 amide bonds. The zero-order valence-electron chi connectivity index (χ0n) is 22.2. The second-order valence-electron chi connectivity index (χ2n) is 8.65. The van der Waals surface area contributed by atoms with Crippen molar-refractivity contribution in [3.05, 3.63) is 126 Å². The van der Waals surface area contributed by atoms with Gasteiger partial charge in [0.2, 0.25) is 5.91 Å². The average molecular weight is 570 g/mol. The second-order valence-corrected chi connectivity index (χ2v) is 9.70. The first-order chi connectivity index (χ1) is 19.9. The number of hydrogen-bond donors (Lipinski definition) is 3. The van der Waals surface area contributed by atoms with Crippen LogP contribution in [0.15, 0.2) is 114 Å². The number of ether oxygens (including phenoxy) is 1. The maximum atomic E-state index is 13.8. The number of amides is 3. The lowest BCUT2D eigenvalue weighted by molar-refractivity contribution is -0.114. The SMILES string of the molecule is CCOc1ccccc1/C=C(/NC(=O)c1ccccc1)C(=O)Nc1cccc(SCC(=O)Nc2ccccc2F)c1. The monoisotopic (exact) mass is 569 g/mol. The topological polar surface area (TPSA) is 96.5 Å². The van der Waals surface area contributed by atoms with Crippen molar-refractivity contribution >= 4 is 46.9 Å². The highest BCUT2D eigenvalue weighted by Crippen LogP contribution is 2.24. The normalized spacial score (nSPS) is 10.9. The van der Waals surface area contributed by atoms with E-state index in [2.05, 4.69) is 16.0 Å². The van der Waals surface area contributed by atoms with Crippen LogP contribution in [0.5, 0.6) is 5.75 Å². The fraction of sp³-hybridized carbons (Fsp3) is 0.0938. The third-order valence-corrected chi connectivity index (χ3v) is 6.65. The van der Waals surface area contributed by atoms with Crippen LogP contribution in [-0.4, -0.2) is 30.1 Å². The second kappa shape index (κ2) is 14.5. The Hall–Kier alpha value is -4.89. The van der Waals surface area contributed by atoms with Crippen molar-refractivity contribution in [1.29, 1.82) is 0 Å². The van der Waals surface area contributed by atoms with Crippen molar-refractivity contribution < 1.29 is 23.5 Å². The molecule has 0 aliphatic heterocycles. The summed E-state index contributed by atoms with van der Waals surface area (Å²) in [6.45, 7) is 2.30. The van der Waals surface area contributed by atoms with Gasteiger partial charge < -0.3 is 20.7 Å². The fourth-order valence-corrected chi connectivity index (χ4v) is 4.50. The zero-order valence-corrected chi connectivity index (χ0v) is 23.0. The van der Waals surface area contributed by atoms with Crippen LogP contribution in [0.1, 0.15) is 22.8 Å². The first-order valence-electron chi connectivity index (χ1n) is 12.8. The highest BCUT2D eigenvalue weighted by atomic mass is 32.2. The fourth-order valence-electron chi connectivity index (χ4n) is 3.74. The van der Waals surface area contributed by atoms with Crippen LogP contribution >= 0.6 is 11.8 Å². The van der Waals surface area contributed by atoms with Gasteiger partial charge in [-0.15, -0.1) is 11.8 Å². The molecule has 41 heavy (non-hydrogen) atoms. The molecule has 0 atom stereocenters. The number of thioether (sulfide) groups is 1. The summed E-state index contributed by atoms with van der Waals surface area (Å²) < 4.78 is 19.5. The lowest BCUT2D eigenvalue weighted by Gasteiger charge is -2.13. The van der Waals surface area contributed by atoms with Gasteiger partial charge in [0.1, 0.15) is 17.3 Å². The van der Waals surface area contributed by atoms with Crippen LogP contribution in [0.2, 0.25) is 0 Å². The van der Waals surface area contributed by atoms with E-state index in [0.29, 0.717) is 34.1 Å². The van der Waals surface area contributed by atoms with Crippen LogP contribution in [0, 0.1) is 5.82 Å². The van der Waals surface area contributed by atoms with Crippen molar-refractivity contribution in [3.63, 3.8) is 0 Å². The highest BCUT2D eigenvalue weighted by Gasteiger charge is 2.16. The summed E-state index contributed by atoms with van der Waals surface area (Å²) in [5, 5.41) is 8.09. The minimum Gasteiger partial charge on any atom is -0.493 e. The van der Waals surface area contributed by atoms with Crippen LogP contribution in [-0.2, 0) is 9.59 Å². The third-order valence-electron chi connectivity index (χ3n) is 5.66. The molecule has 0 bridgehead atoms. The number of hydrogen-bond acceptors (Lipinski definition) is 5. The number of halogens is 1. The first-order valence-corrected chi connectivity index (χ1v) is 13.8. The molecule has 3 N–H and O–H groups in total. The van der Waals surface area contributed by atoms with Crippen molar-refractivity contribution in [2.45, 2.75) is 11.8 Å². The summed E-state index contributed by atoms with van der Waals surface area (Å²) in [6.07, 6.45) is 1.56. The van der Waals surface area contributed by atoms with E-state index in [1.54, 1.807) is 84.9 Å². The Morgan fingerprint density at radius 1 is 0.854 bits per heavy atom. The van der Waals surface area contributed by atoms with Gasteiger partial charge in [-0.25, -0.2) is 4.39 Å². The Kier molecular flexibility index (Phi) is 10.3. The molecular weight excluding hydrogens is 541 g/mol. The smallest absolute Gasteiger partial charge is 0.272 e. The van der Waals surface area contributed by atoms with Crippen LogP contribution in [0.25, 0.3) is 6.08 Å². The predicted molar refractivity (Wildman–Crippen MR) is 160 cm³/mol. The van der Waals surface area contributed by atoms with E-state index < -0.39 is 17.6 Å².